The second kappa shape index (κ2) is 7.69. The fourth-order valence-corrected chi connectivity index (χ4v) is 2.23. The van der Waals surface area contributed by atoms with E-state index in [1.807, 2.05) is 0 Å². The van der Waals surface area contributed by atoms with Crippen molar-refractivity contribution in [3.05, 3.63) is 59.6 Å². The van der Waals surface area contributed by atoms with Gasteiger partial charge in [-0.25, -0.2) is 0 Å². The van der Waals surface area contributed by atoms with E-state index in [1.54, 1.807) is 43.3 Å². The molecule has 0 radical (unpaired) electrons. The standard InChI is InChI=1S/C19H19N3O4/c1-12-2-9-16(26-12)10-11-17(23)21-22-19(25)14-5-7-15(8-6-14)20-18(24)13-3-4-13/h2,5-11,13H,3-4H2,1H3,(H,20,24)(H,21,23)(H,22,25). The van der Waals surface area contributed by atoms with Gasteiger partial charge in [0.25, 0.3) is 11.8 Å². The van der Waals surface area contributed by atoms with Crippen LogP contribution in [-0.4, -0.2) is 17.7 Å². The Balaban J connectivity index is 1.47. The fourth-order valence-electron chi connectivity index (χ4n) is 2.23. The van der Waals surface area contributed by atoms with Gasteiger partial charge in [-0.15, -0.1) is 0 Å². The molecule has 3 N–H and O–H groups in total. The van der Waals surface area contributed by atoms with Gasteiger partial charge in [-0.2, -0.15) is 0 Å². The maximum absolute atomic E-state index is 12.0. The Morgan fingerprint density at radius 1 is 1.04 bits per heavy atom. The van der Waals surface area contributed by atoms with Crippen molar-refractivity contribution in [1.82, 2.24) is 10.9 Å². The maximum atomic E-state index is 12.0. The van der Waals surface area contributed by atoms with Crippen LogP contribution >= 0.6 is 0 Å². The molecule has 7 nitrogen and oxygen atoms in total. The highest BCUT2D eigenvalue weighted by Crippen LogP contribution is 2.30. The lowest BCUT2D eigenvalue weighted by Crippen LogP contribution is -2.40. The molecule has 0 atom stereocenters. The van der Waals surface area contributed by atoms with Gasteiger partial charge in [0.2, 0.25) is 5.91 Å². The number of carbonyl (C=O) groups is 3. The number of benzene rings is 1. The zero-order chi connectivity index (χ0) is 18.5. The minimum Gasteiger partial charge on any atom is -0.462 e. The van der Waals surface area contributed by atoms with E-state index in [2.05, 4.69) is 16.2 Å². The summed E-state index contributed by atoms with van der Waals surface area (Å²) in [6.07, 6.45) is 4.63. The number of aryl methyl sites for hydroxylation is 1. The summed E-state index contributed by atoms with van der Waals surface area (Å²) >= 11 is 0. The Hall–Kier alpha value is -3.35. The lowest BCUT2D eigenvalue weighted by atomic mass is 10.2. The first-order chi connectivity index (χ1) is 12.5. The van der Waals surface area contributed by atoms with Crippen LogP contribution in [0.1, 0.15) is 34.7 Å². The number of hydrogen-bond donors (Lipinski definition) is 3. The van der Waals surface area contributed by atoms with Gasteiger partial charge in [0.05, 0.1) is 0 Å². The number of hydrogen-bond acceptors (Lipinski definition) is 4. The van der Waals surface area contributed by atoms with Gasteiger partial charge in [0, 0.05) is 23.2 Å². The van der Waals surface area contributed by atoms with Crippen molar-refractivity contribution in [2.45, 2.75) is 19.8 Å². The molecule has 1 aromatic carbocycles. The van der Waals surface area contributed by atoms with Crippen LogP contribution in [-0.2, 0) is 9.59 Å². The van der Waals surface area contributed by atoms with Crippen molar-refractivity contribution in [1.29, 1.82) is 0 Å². The smallest absolute Gasteiger partial charge is 0.269 e. The van der Waals surface area contributed by atoms with Crippen molar-refractivity contribution < 1.29 is 18.8 Å². The van der Waals surface area contributed by atoms with E-state index in [9.17, 15) is 14.4 Å². The third-order valence-electron chi connectivity index (χ3n) is 3.82. The number of nitrogens with one attached hydrogen (secondary N) is 3. The topological polar surface area (TPSA) is 100 Å². The van der Waals surface area contributed by atoms with Gasteiger partial charge in [-0.1, -0.05) is 0 Å². The molecule has 3 amide bonds. The zero-order valence-electron chi connectivity index (χ0n) is 14.2. The second-order valence-electron chi connectivity index (χ2n) is 6.07. The molecule has 1 fully saturated rings. The number of furan rings is 1. The van der Waals surface area contributed by atoms with E-state index in [4.69, 9.17) is 4.42 Å². The van der Waals surface area contributed by atoms with Crippen LogP contribution in [0.25, 0.3) is 6.08 Å². The van der Waals surface area contributed by atoms with Gasteiger partial charge >= 0.3 is 0 Å². The highest BCUT2D eigenvalue weighted by atomic mass is 16.3. The largest absolute Gasteiger partial charge is 0.462 e. The summed E-state index contributed by atoms with van der Waals surface area (Å²) in [5.74, 6) is 0.476. The third-order valence-corrected chi connectivity index (χ3v) is 3.82. The molecule has 1 saturated carbocycles. The molecule has 3 rings (SSSR count). The summed E-state index contributed by atoms with van der Waals surface area (Å²) in [5, 5.41) is 2.80. The third kappa shape index (κ3) is 4.83. The Morgan fingerprint density at radius 2 is 1.77 bits per heavy atom. The SMILES string of the molecule is Cc1ccc(C=CC(=O)NNC(=O)c2ccc(NC(=O)C3CC3)cc2)o1. The predicted molar refractivity (Wildman–Crippen MR) is 95.9 cm³/mol. The fraction of sp³-hybridized carbons (Fsp3) is 0.211. The van der Waals surface area contributed by atoms with E-state index < -0.39 is 11.8 Å². The first kappa shape index (κ1) is 17.5. The van der Waals surface area contributed by atoms with Crippen LogP contribution in [0.2, 0.25) is 0 Å². The molecule has 0 spiro atoms. The lowest BCUT2D eigenvalue weighted by Gasteiger charge is -2.07. The molecular weight excluding hydrogens is 334 g/mol. The van der Waals surface area contributed by atoms with E-state index in [1.165, 1.54) is 12.2 Å². The highest BCUT2D eigenvalue weighted by molar-refractivity contribution is 5.98. The van der Waals surface area contributed by atoms with E-state index in [0.29, 0.717) is 17.0 Å². The second-order valence-corrected chi connectivity index (χ2v) is 6.07. The minimum atomic E-state index is -0.485. The van der Waals surface area contributed by atoms with Gasteiger partial charge in [-0.3, -0.25) is 25.2 Å². The normalized spacial score (nSPS) is 13.4. The Kier molecular flexibility index (Phi) is 5.17. The molecule has 7 heteroatoms. The molecule has 1 heterocycles. The van der Waals surface area contributed by atoms with Crippen LogP contribution in [0.4, 0.5) is 5.69 Å². The number of rotatable bonds is 5. The molecule has 1 aliphatic rings. The van der Waals surface area contributed by atoms with Crippen LogP contribution < -0.4 is 16.2 Å². The summed E-state index contributed by atoms with van der Waals surface area (Å²) in [6, 6.07) is 9.97. The molecule has 0 unspecified atom stereocenters. The molecule has 2 aromatic rings. The van der Waals surface area contributed by atoms with Gasteiger partial charge in [0.1, 0.15) is 11.5 Å². The van der Waals surface area contributed by atoms with Crippen molar-refractivity contribution in [3.8, 4) is 0 Å². The average molecular weight is 353 g/mol. The summed E-state index contributed by atoms with van der Waals surface area (Å²) in [7, 11) is 0. The molecule has 134 valence electrons. The van der Waals surface area contributed by atoms with Gasteiger partial charge in [0.15, 0.2) is 0 Å². The zero-order valence-corrected chi connectivity index (χ0v) is 14.2. The Morgan fingerprint density at radius 3 is 2.38 bits per heavy atom. The van der Waals surface area contributed by atoms with Crippen LogP contribution in [0.5, 0.6) is 0 Å². The van der Waals surface area contributed by atoms with Gasteiger partial charge < -0.3 is 9.73 Å². The summed E-state index contributed by atoms with van der Waals surface area (Å²) in [6.45, 7) is 1.81. The molecule has 0 saturated heterocycles. The van der Waals surface area contributed by atoms with E-state index >= 15 is 0 Å². The molecule has 26 heavy (non-hydrogen) atoms. The van der Waals surface area contributed by atoms with Crippen LogP contribution in [0.15, 0.2) is 46.9 Å². The molecule has 0 bridgehead atoms. The van der Waals surface area contributed by atoms with Crippen molar-refractivity contribution in [3.63, 3.8) is 0 Å². The Bertz CT molecular complexity index is 848. The van der Waals surface area contributed by atoms with Gasteiger partial charge in [-0.05, 0) is 62.2 Å². The minimum absolute atomic E-state index is 0.00741. The summed E-state index contributed by atoms with van der Waals surface area (Å²) in [5.41, 5.74) is 5.61. The molecule has 0 aliphatic heterocycles. The van der Waals surface area contributed by atoms with Crippen molar-refractivity contribution in [2.75, 3.05) is 5.32 Å². The number of amides is 3. The summed E-state index contributed by atoms with van der Waals surface area (Å²) in [4.78, 5) is 35.4. The molecule has 1 aromatic heterocycles. The monoisotopic (exact) mass is 353 g/mol. The van der Waals surface area contributed by atoms with E-state index in [-0.39, 0.29) is 11.8 Å². The lowest BCUT2D eigenvalue weighted by molar-refractivity contribution is -0.118. The average Bonchev–Trinajstić information content (AvgIpc) is 3.41. The molecular formula is C19H19N3O4. The van der Waals surface area contributed by atoms with E-state index in [0.717, 1.165) is 18.6 Å². The number of hydrazine groups is 1. The quantitative estimate of drug-likeness (QED) is 0.568. The van der Waals surface area contributed by atoms with Crippen molar-refractivity contribution >= 4 is 29.5 Å². The maximum Gasteiger partial charge on any atom is 0.269 e. The highest BCUT2D eigenvalue weighted by Gasteiger charge is 2.29. The molecule has 1 aliphatic carbocycles. The number of anilines is 1. The van der Waals surface area contributed by atoms with Crippen LogP contribution in [0, 0.1) is 12.8 Å². The van der Waals surface area contributed by atoms with Crippen LogP contribution in [0.3, 0.4) is 0 Å². The predicted octanol–water partition coefficient (Wildman–Crippen LogP) is 2.41. The van der Waals surface area contributed by atoms with Crippen molar-refractivity contribution in [2.24, 2.45) is 5.92 Å². The first-order valence-corrected chi connectivity index (χ1v) is 8.27. The Labute approximate surface area is 150 Å². The number of carbonyl (C=O) groups excluding carboxylic acids is 3. The first-order valence-electron chi connectivity index (χ1n) is 8.27. The summed E-state index contributed by atoms with van der Waals surface area (Å²) < 4.78 is 5.30.